The third-order valence-electron chi connectivity index (χ3n) is 9.63. The Morgan fingerprint density at radius 2 is 0.976 bits per heavy atom. The molecule has 42 heavy (non-hydrogen) atoms. The lowest BCUT2D eigenvalue weighted by molar-refractivity contribution is -0.0291. The summed E-state index contributed by atoms with van der Waals surface area (Å²) >= 11 is 0. The Morgan fingerprint density at radius 3 is 1.36 bits per heavy atom. The molecule has 0 radical (unpaired) electrons. The van der Waals surface area contributed by atoms with Crippen LogP contribution in [0.4, 0.5) is 0 Å². The maximum Gasteiger partial charge on any atom is 0.339 e. The van der Waals surface area contributed by atoms with E-state index in [-0.39, 0.29) is 22.0 Å². The molecule has 0 amide bonds. The summed E-state index contributed by atoms with van der Waals surface area (Å²) in [7, 11) is 0. The molecule has 0 saturated heterocycles. The molecule has 4 aliphatic rings. The van der Waals surface area contributed by atoms with Crippen molar-refractivity contribution in [3.63, 3.8) is 0 Å². The average molecular weight is 561 g/mol. The van der Waals surface area contributed by atoms with Crippen molar-refractivity contribution in [2.75, 3.05) is 0 Å². The van der Waals surface area contributed by atoms with Crippen LogP contribution in [0.3, 0.4) is 0 Å². The highest BCUT2D eigenvalue weighted by Crippen LogP contribution is 2.67. The van der Waals surface area contributed by atoms with Crippen LogP contribution in [0.1, 0.15) is 70.4 Å². The van der Waals surface area contributed by atoms with E-state index in [1.54, 1.807) is 12.1 Å². The van der Waals surface area contributed by atoms with Crippen LogP contribution in [0.25, 0.3) is 0 Å². The zero-order chi connectivity index (χ0) is 28.9. The summed E-state index contributed by atoms with van der Waals surface area (Å²) in [6, 6.07) is 29.6. The van der Waals surface area contributed by atoms with Gasteiger partial charge in [-0.25, -0.2) is 9.59 Å². The summed E-state index contributed by atoms with van der Waals surface area (Å²) in [6.07, 6.45) is 5.35. The van der Waals surface area contributed by atoms with Gasteiger partial charge in [0.2, 0.25) is 0 Å². The van der Waals surface area contributed by atoms with E-state index < -0.39 is 11.9 Å². The molecule has 0 aromatic heterocycles. The van der Waals surface area contributed by atoms with Gasteiger partial charge >= 0.3 is 11.9 Å². The van der Waals surface area contributed by atoms with Crippen LogP contribution >= 0.6 is 0 Å². The largest absolute Gasteiger partial charge is 0.478 e. The summed E-state index contributed by atoms with van der Waals surface area (Å²) < 4.78 is 12.3. The molecule has 0 atom stereocenters. The lowest BCUT2D eigenvalue weighted by Gasteiger charge is -2.63. The molecule has 6 nitrogen and oxygen atoms in total. The van der Waals surface area contributed by atoms with Crippen LogP contribution in [-0.4, -0.2) is 22.2 Å². The van der Waals surface area contributed by atoms with Gasteiger partial charge in [-0.3, -0.25) is 0 Å². The summed E-state index contributed by atoms with van der Waals surface area (Å²) in [4.78, 5) is 25.7. The molecule has 6 heteroatoms. The minimum atomic E-state index is -1.01. The Morgan fingerprint density at radius 1 is 0.571 bits per heavy atom. The fraction of sp³-hybridized carbons (Fsp3) is 0.278. The van der Waals surface area contributed by atoms with Gasteiger partial charge in [0.25, 0.3) is 0 Å². The molecule has 2 N–H and O–H groups in total. The van der Waals surface area contributed by atoms with Crippen molar-refractivity contribution in [3.05, 3.63) is 119 Å². The number of carboxylic acids is 2. The smallest absolute Gasteiger partial charge is 0.339 e. The van der Waals surface area contributed by atoms with Gasteiger partial charge in [-0.1, -0.05) is 60.7 Å². The Balaban J connectivity index is 1.34. The minimum absolute atomic E-state index is 0.207. The second kappa shape index (κ2) is 10.1. The molecule has 4 aromatic rings. The minimum Gasteiger partial charge on any atom is -0.478 e. The number of rotatable bonds is 8. The number of aromatic carboxylic acids is 2. The lowest BCUT2D eigenvalue weighted by atomic mass is 9.41. The highest BCUT2D eigenvalue weighted by molar-refractivity contribution is 5.94. The quantitative estimate of drug-likeness (QED) is 0.225. The highest BCUT2D eigenvalue weighted by atomic mass is 16.5. The lowest BCUT2D eigenvalue weighted by Crippen LogP contribution is -2.56. The molecular weight excluding hydrogens is 528 g/mol. The molecule has 0 unspecified atom stereocenters. The number of carbonyl (C=O) groups is 2. The second-order valence-electron chi connectivity index (χ2n) is 12.3. The molecular formula is C36H32O6. The SMILES string of the molecule is O=C(O)c1c(Oc2ccccc2)cccc1C12CC3CC(C1)CC(c1cccc(Oc4ccccc4)c1C(=O)O)(C3)C2. The summed E-state index contributed by atoms with van der Waals surface area (Å²) in [5.74, 6) is 0.581. The number of hydrogen-bond donors (Lipinski definition) is 2. The predicted octanol–water partition coefficient (Wildman–Crippen LogP) is 8.46. The fourth-order valence-corrected chi connectivity index (χ4v) is 8.68. The van der Waals surface area contributed by atoms with Gasteiger partial charge < -0.3 is 19.7 Å². The third kappa shape index (κ3) is 4.42. The van der Waals surface area contributed by atoms with Crippen LogP contribution in [0.15, 0.2) is 97.1 Å². The molecule has 8 rings (SSSR count). The number of hydrogen-bond acceptors (Lipinski definition) is 4. The summed E-state index contributed by atoms with van der Waals surface area (Å²) in [5, 5.41) is 21.1. The van der Waals surface area contributed by atoms with Crippen LogP contribution in [0.2, 0.25) is 0 Å². The zero-order valence-electron chi connectivity index (χ0n) is 23.2. The number of benzene rings is 4. The van der Waals surface area contributed by atoms with E-state index in [0.29, 0.717) is 41.3 Å². The molecule has 212 valence electrons. The van der Waals surface area contributed by atoms with E-state index in [9.17, 15) is 19.8 Å². The Kier molecular flexibility index (Phi) is 6.30. The number of carboxylic acid groups (broad SMARTS) is 2. The van der Waals surface area contributed by atoms with Crippen LogP contribution in [0.5, 0.6) is 23.0 Å². The van der Waals surface area contributed by atoms with Crippen molar-refractivity contribution in [2.45, 2.75) is 49.4 Å². The van der Waals surface area contributed by atoms with Gasteiger partial charge in [0.1, 0.15) is 34.1 Å². The van der Waals surface area contributed by atoms with Crippen molar-refractivity contribution < 1.29 is 29.3 Å². The van der Waals surface area contributed by atoms with Crippen molar-refractivity contribution in [1.29, 1.82) is 0 Å². The zero-order valence-corrected chi connectivity index (χ0v) is 23.2. The molecule has 4 fully saturated rings. The van der Waals surface area contributed by atoms with Crippen LogP contribution in [0, 0.1) is 11.8 Å². The molecule has 4 aromatic carbocycles. The topological polar surface area (TPSA) is 93.1 Å². The third-order valence-corrected chi connectivity index (χ3v) is 9.63. The predicted molar refractivity (Wildman–Crippen MR) is 158 cm³/mol. The van der Waals surface area contributed by atoms with E-state index in [1.165, 1.54) is 0 Å². The number of para-hydroxylation sites is 2. The Bertz CT molecular complexity index is 1530. The van der Waals surface area contributed by atoms with Gasteiger partial charge in [-0.15, -0.1) is 0 Å². The fourth-order valence-electron chi connectivity index (χ4n) is 8.68. The van der Waals surface area contributed by atoms with Crippen molar-refractivity contribution in [2.24, 2.45) is 11.8 Å². The first-order chi connectivity index (χ1) is 20.4. The van der Waals surface area contributed by atoms with Gasteiger partial charge in [-0.05, 0) is 109 Å². The average Bonchev–Trinajstić information content (AvgIpc) is 2.97. The maximum absolute atomic E-state index is 12.9. The second-order valence-corrected chi connectivity index (χ2v) is 12.3. The Labute approximate surface area is 244 Å². The normalized spacial score (nSPS) is 25.6. The van der Waals surface area contributed by atoms with Gasteiger partial charge in [0, 0.05) is 0 Å². The molecule has 4 saturated carbocycles. The van der Waals surface area contributed by atoms with Crippen LogP contribution < -0.4 is 9.47 Å². The van der Waals surface area contributed by atoms with Crippen molar-refractivity contribution in [1.82, 2.24) is 0 Å². The van der Waals surface area contributed by atoms with Crippen molar-refractivity contribution >= 4 is 11.9 Å². The summed E-state index contributed by atoms with van der Waals surface area (Å²) in [5.41, 5.74) is 1.24. The summed E-state index contributed by atoms with van der Waals surface area (Å²) in [6.45, 7) is 0. The highest BCUT2D eigenvalue weighted by Gasteiger charge is 2.60. The van der Waals surface area contributed by atoms with Crippen molar-refractivity contribution in [3.8, 4) is 23.0 Å². The number of ether oxygens (including phenoxy) is 2. The molecule has 0 heterocycles. The van der Waals surface area contributed by atoms with Gasteiger partial charge in [0.15, 0.2) is 0 Å². The van der Waals surface area contributed by atoms with Crippen LogP contribution in [-0.2, 0) is 10.8 Å². The molecule has 4 bridgehead atoms. The first-order valence-corrected chi connectivity index (χ1v) is 14.6. The molecule has 0 aliphatic heterocycles. The monoisotopic (exact) mass is 560 g/mol. The van der Waals surface area contributed by atoms with E-state index in [2.05, 4.69) is 0 Å². The van der Waals surface area contributed by atoms with E-state index >= 15 is 0 Å². The molecule has 4 aliphatic carbocycles. The first-order valence-electron chi connectivity index (χ1n) is 14.6. The molecule has 0 spiro atoms. The van der Waals surface area contributed by atoms with E-state index in [0.717, 1.165) is 43.2 Å². The van der Waals surface area contributed by atoms with E-state index in [1.807, 2.05) is 84.9 Å². The first kappa shape index (κ1) is 26.3. The maximum atomic E-state index is 12.9. The van der Waals surface area contributed by atoms with E-state index in [4.69, 9.17) is 9.47 Å². The standard InChI is InChI=1S/C36H32O6/c37-33(38)31-27(13-7-15-29(31)41-25-9-3-1-4-10-25)35-18-23-17-24(19-35)21-36(20-23,22-35)28-14-8-16-30(32(28)34(39)40)42-26-11-5-2-6-12-26/h1-16,23-24H,17-22H2,(H,37,38)(H,39,40). The van der Waals surface area contributed by atoms with Gasteiger partial charge in [-0.2, -0.15) is 0 Å². The van der Waals surface area contributed by atoms with Gasteiger partial charge in [0.05, 0.1) is 0 Å². The Hall–Kier alpha value is -4.58.